The lowest BCUT2D eigenvalue weighted by molar-refractivity contribution is 0.531. The number of thiophene rings is 1. The van der Waals surface area contributed by atoms with Crippen molar-refractivity contribution in [3.05, 3.63) is 17.0 Å². The zero-order chi connectivity index (χ0) is 13.9. The lowest BCUT2D eigenvalue weighted by Gasteiger charge is -2.09. The minimum atomic E-state index is -3.32. The number of rotatable bonds is 8. The third-order valence-electron chi connectivity index (χ3n) is 3.49. The number of hydrogen-bond donors (Lipinski definition) is 2. The van der Waals surface area contributed by atoms with Gasteiger partial charge in [-0.05, 0) is 49.9 Å². The van der Waals surface area contributed by atoms with Crippen molar-refractivity contribution in [2.75, 3.05) is 19.6 Å². The second-order valence-corrected chi connectivity index (χ2v) is 8.62. The molecular formula is C13H22N2O2S2. The van der Waals surface area contributed by atoms with E-state index < -0.39 is 10.0 Å². The van der Waals surface area contributed by atoms with Crippen LogP contribution < -0.4 is 10.0 Å². The van der Waals surface area contributed by atoms with Gasteiger partial charge in [-0.25, -0.2) is 13.1 Å². The molecule has 0 saturated heterocycles. The minimum Gasteiger partial charge on any atom is -0.317 e. The molecule has 1 aliphatic carbocycles. The first-order valence-electron chi connectivity index (χ1n) is 6.74. The van der Waals surface area contributed by atoms with Crippen LogP contribution >= 0.6 is 11.3 Å². The molecule has 0 amide bonds. The van der Waals surface area contributed by atoms with Gasteiger partial charge in [-0.1, -0.05) is 13.8 Å². The molecule has 4 nitrogen and oxygen atoms in total. The monoisotopic (exact) mass is 302 g/mol. The van der Waals surface area contributed by atoms with Crippen LogP contribution in [0.1, 0.15) is 31.6 Å². The fraction of sp³-hybridized carbons (Fsp3) is 0.692. The van der Waals surface area contributed by atoms with Crippen molar-refractivity contribution in [2.45, 2.75) is 37.3 Å². The van der Waals surface area contributed by atoms with Gasteiger partial charge in [0.2, 0.25) is 10.0 Å². The third kappa shape index (κ3) is 4.27. The van der Waals surface area contributed by atoms with Gasteiger partial charge in [-0.3, -0.25) is 0 Å². The molecule has 1 aromatic rings. The highest BCUT2D eigenvalue weighted by Gasteiger charge is 2.38. The van der Waals surface area contributed by atoms with E-state index in [0.29, 0.717) is 10.8 Å². The Balaban J connectivity index is 1.92. The second-order valence-electron chi connectivity index (χ2n) is 5.46. The summed E-state index contributed by atoms with van der Waals surface area (Å²) in [5, 5.41) is 3.24. The maximum absolute atomic E-state index is 12.1. The fourth-order valence-corrected chi connectivity index (χ4v) is 4.36. The average Bonchev–Trinajstić information content (AvgIpc) is 2.91. The standard InChI is InChI=1S/C13H22N2O2S2/c1-3-14-9-6-11-4-5-12(18-11)19(16,17)15-10-13(2)7-8-13/h4-5,14-15H,3,6-10H2,1-2H3. The molecule has 2 rings (SSSR count). The Morgan fingerprint density at radius 3 is 2.74 bits per heavy atom. The molecule has 6 heteroatoms. The maximum atomic E-state index is 12.1. The summed E-state index contributed by atoms with van der Waals surface area (Å²) in [4.78, 5) is 1.11. The molecule has 0 aliphatic heterocycles. The Bertz CT molecular complexity index is 519. The minimum absolute atomic E-state index is 0.193. The predicted molar refractivity (Wildman–Crippen MR) is 79.1 cm³/mol. The van der Waals surface area contributed by atoms with Gasteiger partial charge in [0, 0.05) is 11.4 Å². The van der Waals surface area contributed by atoms with E-state index in [2.05, 4.69) is 23.9 Å². The van der Waals surface area contributed by atoms with Gasteiger partial charge in [0.1, 0.15) is 4.21 Å². The summed E-state index contributed by atoms with van der Waals surface area (Å²) in [7, 11) is -3.32. The average molecular weight is 302 g/mol. The summed E-state index contributed by atoms with van der Waals surface area (Å²) < 4.78 is 27.4. The van der Waals surface area contributed by atoms with Crippen LogP contribution in [0.2, 0.25) is 0 Å². The summed E-state index contributed by atoms with van der Waals surface area (Å²) in [6.45, 7) is 6.57. The first-order chi connectivity index (χ1) is 8.95. The normalized spacial score (nSPS) is 17.6. The van der Waals surface area contributed by atoms with Crippen molar-refractivity contribution in [3.63, 3.8) is 0 Å². The molecule has 0 unspecified atom stereocenters. The summed E-state index contributed by atoms with van der Waals surface area (Å²) in [6.07, 6.45) is 3.12. The Morgan fingerprint density at radius 2 is 2.11 bits per heavy atom. The SMILES string of the molecule is CCNCCc1ccc(S(=O)(=O)NCC2(C)CC2)s1. The van der Waals surface area contributed by atoms with E-state index in [1.54, 1.807) is 6.07 Å². The fourth-order valence-electron chi connectivity index (χ4n) is 1.76. The highest BCUT2D eigenvalue weighted by molar-refractivity contribution is 7.91. The van der Waals surface area contributed by atoms with Gasteiger partial charge >= 0.3 is 0 Å². The van der Waals surface area contributed by atoms with Gasteiger partial charge in [-0.15, -0.1) is 11.3 Å². The van der Waals surface area contributed by atoms with Crippen LogP contribution in [0.3, 0.4) is 0 Å². The van der Waals surface area contributed by atoms with Gasteiger partial charge in [0.05, 0.1) is 0 Å². The number of sulfonamides is 1. The van der Waals surface area contributed by atoms with Crippen molar-refractivity contribution in [2.24, 2.45) is 5.41 Å². The van der Waals surface area contributed by atoms with E-state index in [9.17, 15) is 8.42 Å². The Labute approximate surface area is 119 Å². The lowest BCUT2D eigenvalue weighted by Crippen LogP contribution is -2.28. The molecule has 0 atom stereocenters. The van der Waals surface area contributed by atoms with Crippen LogP contribution in [0.15, 0.2) is 16.3 Å². The topological polar surface area (TPSA) is 58.2 Å². The van der Waals surface area contributed by atoms with Crippen molar-refractivity contribution < 1.29 is 8.42 Å². The van der Waals surface area contributed by atoms with Crippen molar-refractivity contribution >= 4 is 21.4 Å². The molecule has 1 saturated carbocycles. The van der Waals surface area contributed by atoms with Gasteiger partial charge in [-0.2, -0.15) is 0 Å². The summed E-state index contributed by atoms with van der Waals surface area (Å²) in [6, 6.07) is 3.62. The Morgan fingerprint density at radius 1 is 1.37 bits per heavy atom. The molecule has 19 heavy (non-hydrogen) atoms. The van der Waals surface area contributed by atoms with Crippen LogP contribution in [-0.4, -0.2) is 28.1 Å². The van der Waals surface area contributed by atoms with Crippen LogP contribution in [0, 0.1) is 5.41 Å². The maximum Gasteiger partial charge on any atom is 0.250 e. The number of likely N-dealkylation sites (N-methyl/N-ethyl adjacent to an activating group) is 1. The molecule has 0 bridgehead atoms. The molecule has 1 fully saturated rings. The smallest absolute Gasteiger partial charge is 0.250 e. The molecule has 0 radical (unpaired) electrons. The van der Waals surface area contributed by atoms with Crippen LogP contribution in [0.5, 0.6) is 0 Å². The van der Waals surface area contributed by atoms with Crippen molar-refractivity contribution in [1.82, 2.24) is 10.0 Å². The van der Waals surface area contributed by atoms with Crippen LogP contribution in [-0.2, 0) is 16.4 Å². The highest BCUT2D eigenvalue weighted by atomic mass is 32.2. The van der Waals surface area contributed by atoms with Gasteiger partial charge in [0.15, 0.2) is 0 Å². The molecule has 2 N–H and O–H groups in total. The quantitative estimate of drug-likeness (QED) is 0.722. The zero-order valence-electron chi connectivity index (χ0n) is 11.5. The largest absolute Gasteiger partial charge is 0.317 e. The first kappa shape index (κ1) is 15.0. The lowest BCUT2D eigenvalue weighted by atomic mass is 10.2. The Hall–Kier alpha value is -0.430. The summed E-state index contributed by atoms with van der Waals surface area (Å²) >= 11 is 1.37. The van der Waals surface area contributed by atoms with Gasteiger partial charge in [0.25, 0.3) is 0 Å². The second kappa shape index (κ2) is 5.91. The summed E-state index contributed by atoms with van der Waals surface area (Å²) in [5.41, 5.74) is 0.193. The van der Waals surface area contributed by atoms with E-state index in [-0.39, 0.29) is 5.41 Å². The summed E-state index contributed by atoms with van der Waals surface area (Å²) in [5.74, 6) is 0. The van der Waals surface area contributed by atoms with Gasteiger partial charge < -0.3 is 5.32 Å². The molecule has 0 spiro atoms. The molecule has 1 heterocycles. The number of nitrogens with one attached hydrogen (secondary N) is 2. The Kier molecular flexibility index (Phi) is 4.66. The van der Waals surface area contributed by atoms with E-state index in [1.165, 1.54) is 11.3 Å². The van der Waals surface area contributed by atoms with Crippen molar-refractivity contribution in [3.8, 4) is 0 Å². The molecule has 1 aromatic heterocycles. The number of hydrogen-bond acceptors (Lipinski definition) is 4. The highest BCUT2D eigenvalue weighted by Crippen LogP contribution is 2.44. The van der Waals surface area contributed by atoms with E-state index in [1.807, 2.05) is 6.07 Å². The molecule has 0 aromatic carbocycles. The molecule has 108 valence electrons. The van der Waals surface area contributed by atoms with E-state index in [4.69, 9.17) is 0 Å². The van der Waals surface area contributed by atoms with E-state index >= 15 is 0 Å². The first-order valence-corrected chi connectivity index (χ1v) is 9.04. The van der Waals surface area contributed by atoms with Crippen LogP contribution in [0.25, 0.3) is 0 Å². The molecular weight excluding hydrogens is 280 g/mol. The third-order valence-corrected chi connectivity index (χ3v) is 6.53. The van der Waals surface area contributed by atoms with Crippen LogP contribution in [0.4, 0.5) is 0 Å². The zero-order valence-corrected chi connectivity index (χ0v) is 13.2. The van der Waals surface area contributed by atoms with Crippen molar-refractivity contribution in [1.29, 1.82) is 0 Å². The predicted octanol–water partition coefficient (Wildman–Crippen LogP) is 1.98. The molecule has 1 aliphatic rings. The van der Waals surface area contributed by atoms with E-state index in [0.717, 1.165) is 37.2 Å².